The van der Waals surface area contributed by atoms with E-state index in [4.69, 9.17) is 0 Å². The second kappa shape index (κ2) is 7.91. The van der Waals surface area contributed by atoms with Crippen LogP contribution in [0.3, 0.4) is 0 Å². The minimum atomic E-state index is -0.563. The normalized spacial score (nSPS) is 17.6. The fourth-order valence-corrected chi connectivity index (χ4v) is 3.26. The summed E-state index contributed by atoms with van der Waals surface area (Å²) in [6.07, 6.45) is 1.09. The molecule has 1 aromatic heterocycles. The number of carbonyl (C=O) groups excluding carboxylic acids is 1. The van der Waals surface area contributed by atoms with E-state index in [1.54, 1.807) is 18.1 Å². The number of amides is 1. The summed E-state index contributed by atoms with van der Waals surface area (Å²) in [5.74, 6) is -0.158. The summed E-state index contributed by atoms with van der Waals surface area (Å²) >= 11 is 0. The molecule has 1 aliphatic rings. The van der Waals surface area contributed by atoms with Crippen LogP contribution in [-0.2, 0) is 0 Å². The van der Waals surface area contributed by atoms with Gasteiger partial charge in [-0.3, -0.25) is 14.7 Å². The quantitative estimate of drug-likeness (QED) is 0.875. The highest BCUT2D eigenvalue weighted by Gasteiger charge is 2.21. The third-order valence-electron chi connectivity index (χ3n) is 4.77. The SMILES string of the molecule is CN1CCN(CC(O)CN(C)C(=O)c2nccc3ccccc23)CC1. The number of likely N-dealkylation sites (N-methyl/N-ethyl adjacent to an activating group) is 2. The van der Waals surface area contributed by atoms with Gasteiger partial charge in [-0.2, -0.15) is 0 Å². The van der Waals surface area contributed by atoms with E-state index in [0.29, 0.717) is 18.8 Å². The molecule has 1 N–H and O–H groups in total. The first-order valence-corrected chi connectivity index (χ1v) is 8.73. The van der Waals surface area contributed by atoms with Gasteiger partial charge in [-0.25, -0.2) is 0 Å². The highest BCUT2D eigenvalue weighted by molar-refractivity contribution is 6.05. The minimum absolute atomic E-state index is 0.158. The fourth-order valence-electron chi connectivity index (χ4n) is 3.26. The van der Waals surface area contributed by atoms with Crippen molar-refractivity contribution in [3.63, 3.8) is 0 Å². The van der Waals surface area contributed by atoms with E-state index < -0.39 is 6.10 Å². The molecule has 6 nitrogen and oxygen atoms in total. The van der Waals surface area contributed by atoms with Crippen LogP contribution in [0.2, 0.25) is 0 Å². The lowest BCUT2D eigenvalue weighted by Gasteiger charge is -2.34. The number of hydrogen-bond acceptors (Lipinski definition) is 5. The van der Waals surface area contributed by atoms with Gasteiger partial charge in [0.2, 0.25) is 0 Å². The van der Waals surface area contributed by atoms with Gasteiger partial charge in [0, 0.05) is 57.9 Å². The Morgan fingerprint density at radius 1 is 1.24 bits per heavy atom. The fraction of sp³-hybridized carbons (Fsp3) is 0.474. The van der Waals surface area contributed by atoms with Crippen molar-refractivity contribution in [1.82, 2.24) is 19.7 Å². The maximum atomic E-state index is 12.8. The minimum Gasteiger partial charge on any atom is -0.390 e. The second-order valence-electron chi connectivity index (χ2n) is 6.82. The number of aliphatic hydroxyl groups is 1. The van der Waals surface area contributed by atoms with Gasteiger partial charge in [-0.05, 0) is 18.5 Å². The van der Waals surface area contributed by atoms with Crippen molar-refractivity contribution in [2.75, 3.05) is 53.4 Å². The van der Waals surface area contributed by atoms with Gasteiger partial charge in [0.1, 0.15) is 5.69 Å². The molecule has 2 heterocycles. The van der Waals surface area contributed by atoms with E-state index >= 15 is 0 Å². The van der Waals surface area contributed by atoms with Crippen LogP contribution in [0, 0.1) is 0 Å². The number of fused-ring (bicyclic) bond motifs is 1. The molecule has 25 heavy (non-hydrogen) atoms. The standard InChI is InChI=1S/C19H26N4O2/c1-21-9-11-23(12-10-21)14-16(24)13-22(2)19(25)18-17-6-4-3-5-15(17)7-8-20-18/h3-8,16,24H,9-14H2,1-2H3. The summed E-state index contributed by atoms with van der Waals surface area (Å²) in [7, 11) is 3.83. The van der Waals surface area contributed by atoms with Gasteiger partial charge in [0.15, 0.2) is 0 Å². The lowest BCUT2D eigenvalue weighted by molar-refractivity contribution is 0.0500. The Morgan fingerprint density at radius 3 is 2.72 bits per heavy atom. The molecule has 0 bridgehead atoms. The Morgan fingerprint density at radius 2 is 1.96 bits per heavy atom. The van der Waals surface area contributed by atoms with Crippen molar-refractivity contribution >= 4 is 16.7 Å². The molecule has 0 aliphatic carbocycles. The smallest absolute Gasteiger partial charge is 0.272 e. The zero-order valence-electron chi connectivity index (χ0n) is 14.9. The number of aromatic nitrogens is 1. The first-order chi connectivity index (χ1) is 12.0. The van der Waals surface area contributed by atoms with Gasteiger partial charge < -0.3 is 14.9 Å². The van der Waals surface area contributed by atoms with Gasteiger partial charge in [-0.15, -0.1) is 0 Å². The van der Waals surface area contributed by atoms with Crippen LogP contribution in [0.5, 0.6) is 0 Å². The van der Waals surface area contributed by atoms with Gasteiger partial charge >= 0.3 is 0 Å². The molecular formula is C19H26N4O2. The van der Waals surface area contributed by atoms with Gasteiger partial charge in [0.25, 0.3) is 5.91 Å². The predicted molar refractivity (Wildman–Crippen MR) is 98.6 cm³/mol. The Labute approximate surface area is 148 Å². The number of piperazine rings is 1. The van der Waals surface area contributed by atoms with Crippen LogP contribution < -0.4 is 0 Å². The molecule has 3 rings (SSSR count). The molecule has 0 radical (unpaired) electrons. The van der Waals surface area contributed by atoms with E-state index in [0.717, 1.165) is 37.0 Å². The maximum absolute atomic E-state index is 12.8. The molecular weight excluding hydrogens is 316 g/mol. The first-order valence-electron chi connectivity index (χ1n) is 8.73. The summed E-state index contributed by atoms with van der Waals surface area (Å²) in [6.45, 7) is 4.83. The van der Waals surface area contributed by atoms with Crippen LogP contribution in [0.4, 0.5) is 0 Å². The van der Waals surface area contributed by atoms with Crippen molar-refractivity contribution < 1.29 is 9.90 Å². The summed E-state index contributed by atoms with van der Waals surface area (Å²) in [5.41, 5.74) is 0.437. The molecule has 0 spiro atoms. The average molecular weight is 342 g/mol. The number of aliphatic hydroxyl groups excluding tert-OH is 1. The number of benzene rings is 1. The largest absolute Gasteiger partial charge is 0.390 e. The summed E-state index contributed by atoms with van der Waals surface area (Å²) in [4.78, 5) is 23.1. The Kier molecular flexibility index (Phi) is 5.63. The Balaban J connectivity index is 1.62. The first kappa shape index (κ1) is 17.8. The molecule has 0 saturated carbocycles. The van der Waals surface area contributed by atoms with Crippen LogP contribution in [0.15, 0.2) is 36.5 Å². The van der Waals surface area contributed by atoms with Crippen LogP contribution in [0.25, 0.3) is 10.8 Å². The monoisotopic (exact) mass is 342 g/mol. The van der Waals surface area contributed by atoms with Crippen LogP contribution in [0.1, 0.15) is 10.5 Å². The average Bonchev–Trinajstić information content (AvgIpc) is 2.62. The molecule has 1 aromatic carbocycles. The number of rotatable bonds is 5. The lowest BCUT2D eigenvalue weighted by atomic mass is 10.1. The maximum Gasteiger partial charge on any atom is 0.272 e. The molecule has 1 saturated heterocycles. The molecule has 1 fully saturated rings. The van der Waals surface area contributed by atoms with Crippen molar-refractivity contribution in [2.45, 2.75) is 6.10 Å². The van der Waals surface area contributed by atoms with Crippen molar-refractivity contribution in [2.24, 2.45) is 0 Å². The summed E-state index contributed by atoms with van der Waals surface area (Å²) in [6, 6.07) is 9.62. The van der Waals surface area contributed by atoms with Crippen LogP contribution in [-0.4, -0.2) is 90.2 Å². The molecule has 1 atom stereocenters. The molecule has 1 aliphatic heterocycles. The van der Waals surface area contributed by atoms with Crippen molar-refractivity contribution in [1.29, 1.82) is 0 Å². The topological polar surface area (TPSA) is 59.9 Å². The number of β-amino-alcohol motifs (C(OH)–C–C–N with tert-alkyl or cyclic N) is 1. The molecule has 2 aromatic rings. The molecule has 1 unspecified atom stereocenters. The number of hydrogen-bond donors (Lipinski definition) is 1. The Hall–Kier alpha value is -2.02. The third kappa shape index (κ3) is 4.34. The highest BCUT2D eigenvalue weighted by Crippen LogP contribution is 2.17. The molecule has 6 heteroatoms. The zero-order valence-corrected chi connectivity index (χ0v) is 14.9. The van der Waals surface area contributed by atoms with Gasteiger partial charge in [-0.1, -0.05) is 24.3 Å². The number of pyridine rings is 1. The summed E-state index contributed by atoms with van der Waals surface area (Å²) < 4.78 is 0. The second-order valence-corrected chi connectivity index (χ2v) is 6.82. The highest BCUT2D eigenvalue weighted by atomic mass is 16.3. The van der Waals surface area contributed by atoms with E-state index in [-0.39, 0.29) is 5.91 Å². The van der Waals surface area contributed by atoms with Crippen LogP contribution >= 0.6 is 0 Å². The van der Waals surface area contributed by atoms with E-state index in [1.807, 2.05) is 30.3 Å². The van der Waals surface area contributed by atoms with Crippen molar-refractivity contribution in [3.8, 4) is 0 Å². The van der Waals surface area contributed by atoms with E-state index in [2.05, 4.69) is 21.8 Å². The van der Waals surface area contributed by atoms with Crippen molar-refractivity contribution in [3.05, 3.63) is 42.2 Å². The van der Waals surface area contributed by atoms with E-state index in [9.17, 15) is 9.90 Å². The Bertz CT molecular complexity index is 723. The summed E-state index contributed by atoms with van der Waals surface area (Å²) in [5, 5.41) is 12.2. The number of carbonyl (C=O) groups is 1. The number of nitrogens with zero attached hydrogens (tertiary/aromatic N) is 4. The molecule has 134 valence electrons. The lowest BCUT2D eigenvalue weighted by Crippen LogP contribution is -2.49. The van der Waals surface area contributed by atoms with Gasteiger partial charge in [0.05, 0.1) is 6.10 Å². The molecule has 1 amide bonds. The third-order valence-corrected chi connectivity index (χ3v) is 4.77. The van der Waals surface area contributed by atoms with E-state index in [1.165, 1.54) is 0 Å². The zero-order chi connectivity index (χ0) is 17.8. The predicted octanol–water partition coefficient (Wildman–Crippen LogP) is 0.915.